The highest BCUT2D eigenvalue weighted by Crippen LogP contribution is 2.65. The Morgan fingerprint density at radius 1 is 0.892 bits per heavy atom. The van der Waals surface area contributed by atoms with Crippen LogP contribution < -0.4 is 10.6 Å². The number of carbonyl (C=O) groups is 2. The molecule has 2 aromatic rings. The van der Waals surface area contributed by atoms with E-state index in [2.05, 4.69) is 73.0 Å². The fourth-order valence-corrected chi connectivity index (χ4v) is 9.19. The van der Waals surface area contributed by atoms with Crippen LogP contribution in [0.2, 0.25) is 0 Å². The van der Waals surface area contributed by atoms with Crippen molar-refractivity contribution in [3.05, 3.63) is 71.8 Å². The zero-order valence-electron chi connectivity index (χ0n) is 22.4. The first-order valence-corrected chi connectivity index (χ1v) is 14.6. The molecule has 4 nitrogen and oxygen atoms in total. The molecule has 2 N–H and O–H groups in total. The molecule has 3 aliphatic carbocycles. The summed E-state index contributed by atoms with van der Waals surface area (Å²) in [7, 11) is 0. The normalized spacial score (nSPS) is 37.5. The summed E-state index contributed by atoms with van der Waals surface area (Å²) < 4.78 is 0. The molecule has 2 aromatic carbocycles. The maximum absolute atomic E-state index is 14.0. The average molecular weight is 499 g/mol. The van der Waals surface area contributed by atoms with Gasteiger partial charge in [0.15, 0.2) is 0 Å². The van der Waals surface area contributed by atoms with Crippen molar-refractivity contribution in [1.29, 1.82) is 0 Å². The molecule has 0 spiro atoms. The SMILES string of the molecule is C[C@]12CCC(=O)N[C@@H]1CC[C@@H]1[C@@H]2CC[C@]2(C)[C@@H](C(=O)N[C@@H](Cc3ccccc3)c3ccccc3)CC[C@@H]12. The van der Waals surface area contributed by atoms with Gasteiger partial charge in [-0.1, -0.05) is 74.5 Å². The van der Waals surface area contributed by atoms with E-state index in [4.69, 9.17) is 0 Å². The first kappa shape index (κ1) is 24.7. The fourth-order valence-electron chi connectivity index (χ4n) is 9.19. The second-order valence-corrected chi connectivity index (χ2v) is 12.9. The summed E-state index contributed by atoms with van der Waals surface area (Å²) in [5, 5.41) is 6.87. The minimum Gasteiger partial charge on any atom is -0.353 e. The fraction of sp³-hybridized carbons (Fsp3) is 0.576. The van der Waals surface area contributed by atoms with E-state index in [1.165, 1.54) is 24.0 Å². The van der Waals surface area contributed by atoms with E-state index < -0.39 is 0 Å². The van der Waals surface area contributed by atoms with Crippen molar-refractivity contribution in [2.24, 2.45) is 34.5 Å². The standard InChI is InChI=1S/C33H42N2O2/c1-32-19-17-26-24(13-16-29-33(26,2)20-18-30(36)35-29)25(32)14-15-27(32)31(37)34-28(23-11-7-4-8-12-23)21-22-9-5-3-6-10-22/h3-12,24-29H,13-21H2,1-2H3,(H,34,37)(H,35,36)/t24-,25-,26-,27+,28-,29+,32-,33+/m0/s1. The average Bonchev–Trinajstić information content (AvgIpc) is 3.27. The summed E-state index contributed by atoms with van der Waals surface area (Å²) in [5.74, 6) is 2.53. The second-order valence-electron chi connectivity index (χ2n) is 12.9. The van der Waals surface area contributed by atoms with Crippen LogP contribution in [0.1, 0.15) is 82.4 Å². The van der Waals surface area contributed by atoms with Gasteiger partial charge in [0.1, 0.15) is 0 Å². The third-order valence-electron chi connectivity index (χ3n) is 11.2. The minimum absolute atomic E-state index is 0.0183. The van der Waals surface area contributed by atoms with Crippen molar-refractivity contribution in [2.75, 3.05) is 0 Å². The summed E-state index contributed by atoms with van der Waals surface area (Å²) in [6.07, 6.45) is 9.28. The molecule has 3 saturated carbocycles. The molecule has 0 unspecified atom stereocenters. The Balaban J connectivity index is 1.20. The molecule has 0 bridgehead atoms. The maximum Gasteiger partial charge on any atom is 0.224 e. The molecule has 0 aromatic heterocycles. The zero-order valence-corrected chi connectivity index (χ0v) is 22.4. The summed E-state index contributed by atoms with van der Waals surface area (Å²) in [4.78, 5) is 26.1. The van der Waals surface area contributed by atoms with Crippen molar-refractivity contribution in [3.63, 3.8) is 0 Å². The van der Waals surface area contributed by atoms with E-state index in [1.807, 2.05) is 12.1 Å². The van der Waals surface area contributed by atoms with E-state index in [9.17, 15) is 9.59 Å². The Labute approximate surface area is 222 Å². The van der Waals surface area contributed by atoms with Gasteiger partial charge in [-0.05, 0) is 91.1 Å². The molecule has 0 radical (unpaired) electrons. The van der Waals surface area contributed by atoms with Crippen LogP contribution in [0.5, 0.6) is 0 Å². The van der Waals surface area contributed by atoms with Crippen molar-refractivity contribution in [3.8, 4) is 0 Å². The van der Waals surface area contributed by atoms with Gasteiger partial charge in [-0.3, -0.25) is 9.59 Å². The summed E-state index contributed by atoms with van der Waals surface area (Å²) in [6, 6.07) is 21.3. The number of fused-ring (bicyclic) bond motifs is 5. The van der Waals surface area contributed by atoms with Crippen LogP contribution in [0.25, 0.3) is 0 Å². The van der Waals surface area contributed by atoms with Gasteiger partial charge in [-0.2, -0.15) is 0 Å². The van der Waals surface area contributed by atoms with Crippen LogP contribution in [-0.2, 0) is 16.0 Å². The van der Waals surface area contributed by atoms with Gasteiger partial charge >= 0.3 is 0 Å². The molecule has 6 rings (SSSR count). The highest BCUT2D eigenvalue weighted by Gasteiger charge is 2.61. The third-order valence-corrected chi connectivity index (χ3v) is 11.2. The number of amides is 2. The largest absolute Gasteiger partial charge is 0.353 e. The smallest absolute Gasteiger partial charge is 0.224 e. The van der Waals surface area contributed by atoms with Crippen molar-refractivity contribution in [1.82, 2.24) is 10.6 Å². The lowest BCUT2D eigenvalue weighted by molar-refractivity contribution is -0.142. The highest BCUT2D eigenvalue weighted by atomic mass is 16.2. The van der Waals surface area contributed by atoms with Crippen LogP contribution >= 0.6 is 0 Å². The lowest BCUT2D eigenvalue weighted by Gasteiger charge is -2.60. The number of nitrogens with one attached hydrogen (secondary N) is 2. The van der Waals surface area contributed by atoms with Gasteiger partial charge < -0.3 is 10.6 Å². The van der Waals surface area contributed by atoms with E-state index >= 15 is 0 Å². The molecule has 196 valence electrons. The molecule has 8 atom stereocenters. The molecule has 4 heteroatoms. The Kier molecular flexibility index (Phi) is 6.41. The lowest BCUT2D eigenvalue weighted by Crippen LogP contribution is -2.61. The Hall–Kier alpha value is -2.62. The van der Waals surface area contributed by atoms with Crippen LogP contribution in [0.4, 0.5) is 0 Å². The predicted octanol–water partition coefficient (Wildman–Crippen LogP) is 6.22. The number of rotatable bonds is 5. The number of hydrogen-bond donors (Lipinski definition) is 2. The van der Waals surface area contributed by atoms with E-state index in [1.54, 1.807) is 0 Å². The maximum atomic E-state index is 14.0. The molecule has 37 heavy (non-hydrogen) atoms. The molecule has 2 amide bonds. The molecular formula is C33H42N2O2. The zero-order chi connectivity index (χ0) is 25.6. The lowest BCUT2D eigenvalue weighted by atomic mass is 9.47. The molecule has 1 heterocycles. The second kappa shape index (κ2) is 9.60. The molecule has 4 fully saturated rings. The van der Waals surface area contributed by atoms with Crippen LogP contribution in [0, 0.1) is 34.5 Å². The van der Waals surface area contributed by atoms with Gasteiger partial charge in [0, 0.05) is 18.4 Å². The van der Waals surface area contributed by atoms with Gasteiger partial charge in [0.25, 0.3) is 0 Å². The number of piperidine rings is 1. The third kappa shape index (κ3) is 4.30. The van der Waals surface area contributed by atoms with Crippen molar-refractivity contribution >= 4 is 11.8 Å². The van der Waals surface area contributed by atoms with Gasteiger partial charge in [0.05, 0.1) is 6.04 Å². The topological polar surface area (TPSA) is 58.2 Å². The first-order chi connectivity index (χ1) is 17.9. The van der Waals surface area contributed by atoms with Crippen LogP contribution in [0.3, 0.4) is 0 Å². The summed E-state index contributed by atoms with van der Waals surface area (Å²) in [5.41, 5.74) is 2.71. The predicted molar refractivity (Wildman–Crippen MR) is 147 cm³/mol. The van der Waals surface area contributed by atoms with Gasteiger partial charge in [0.2, 0.25) is 11.8 Å². The summed E-state index contributed by atoms with van der Waals surface area (Å²) in [6.45, 7) is 4.88. The highest BCUT2D eigenvalue weighted by molar-refractivity contribution is 5.80. The van der Waals surface area contributed by atoms with E-state index in [-0.39, 0.29) is 34.6 Å². The van der Waals surface area contributed by atoms with E-state index in [0.29, 0.717) is 30.2 Å². The Bertz CT molecular complexity index is 1130. The first-order valence-electron chi connectivity index (χ1n) is 14.6. The molecule has 4 aliphatic rings. The monoisotopic (exact) mass is 498 g/mol. The van der Waals surface area contributed by atoms with Gasteiger partial charge in [-0.25, -0.2) is 0 Å². The molecular weight excluding hydrogens is 456 g/mol. The molecule has 1 aliphatic heterocycles. The summed E-state index contributed by atoms with van der Waals surface area (Å²) >= 11 is 0. The molecule has 1 saturated heterocycles. The van der Waals surface area contributed by atoms with Crippen LogP contribution in [0.15, 0.2) is 60.7 Å². The van der Waals surface area contributed by atoms with E-state index in [0.717, 1.165) is 38.5 Å². The number of benzene rings is 2. The van der Waals surface area contributed by atoms with Crippen molar-refractivity contribution in [2.45, 2.75) is 83.7 Å². The van der Waals surface area contributed by atoms with Crippen LogP contribution in [-0.4, -0.2) is 17.9 Å². The Morgan fingerprint density at radius 2 is 1.59 bits per heavy atom. The Morgan fingerprint density at radius 3 is 2.35 bits per heavy atom. The number of hydrogen-bond acceptors (Lipinski definition) is 2. The van der Waals surface area contributed by atoms with Gasteiger partial charge in [-0.15, -0.1) is 0 Å². The quantitative estimate of drug-likeness (QED) is 0.514. The minimum atomic E-state index is -0.0183. The number of carbonyl (C=O) groups excluding carboxylic acids is 2. The van der Waals surface area contributed by atoms with Crippen molar-refractivity contribution < 1.29 is 9.59 Å².